The number of nitrogens with zero attached hydrogens (tertiary/aromatic N) is 5. The van der Waals surface area contributed by atoms with Crippen LogP contribution in [0.25, 0.3) is 0 Å². The van der Waals surface area contributed by atoms with E-state index in [1.54, 1.807) is 24.3 Å². The number of para-hydroxylation sites is 2. The third-order valence-corrected chi connectivity index (χ3v) is 8.29. The van der Waals surface area contributed by atoms with E-state index in [0.717, 1.165) is 42.1 Å². The SMILES string of the molecule is CCCN(CCNC(=O)Cc1nc(NCc2ccc(C(=O)Nc3ccccc3N)cc2)nc(N2CCOCC2)n1)Cc1ccc2c(c1)OCO2. The molecule has 3 heterocycles. The van der Waals surface area contributed by atoms with Gasteiger partial charge in [-0.25, -0.2) is 0 Å². The van der Waals surface area contributed by atoms with Crippen molar-refractivity contribution in [3.05, 3.63) is 89.2 Å². The summed E-state index contributed by atoms with van der Waals surface area (Å²) in [5, 5.41) is 9.15. The van der Waals surface area contributed by atoms with E-state index in [1.165, 1.54) is 0 Å². The minimum Gasteiger partial charge on any atom is -0.454 e. The van der Waals surface area contributed by atoms with Gasteiger partial charge in [0.15, 0.2) is 11.5 Å². The quantitative estimate of drug-likeness (QED) is 0.135. The lowest BCUT2D eigenvalue weighted by atomic mass is 10.1. The summed E-state index contributed by atoms with van der Waals surface area (Å²) in [7, 11) is 0. The summed E-state index contributed by atoms with van der Waals surface area (Å²) in [6.07, 6.45) is 1.01. The molecule has 0 bridgehead atoms. The van der Waals surface area contributed by atoms with Crippen LogP contribution in [0.4, 0.5) is 23.3 Å². The summed E-state index contributed by atoms with van der Waals surface area (Å²) in [4.78, 5) is 44.0. The van der Waals surface area contributed by atoms with E-state index < -0.39 is 0 Å². The molecule has 0 saturated carbocycles. The second-order valence-electron chi connectivity index (χ2n) is 12.1. The minimum atomic E-state index is -0.249. The molecule has 1 fully saturated rings. The van der Waals surface area contributed by atoms with Crippen LogP contribution in [0.15, 0.2) is 66.7 Å². The Morgan fingerprint density at radius 2 is 1.70 bits per heavy atom. The number of amides is 2. The summed E-state index contributed by atoms with van der Waals surface area (Å²) >= 11 is 0. The number of nitrogens with two attached hydrogens (primary N) is 1. The highest BCUT2D eigenvalue weighted by atomic mass is 16.7. The van der Waals surface area contributed by atoms with Crippen molar-refractivity contribution in [3.8, 4) is 11.5 Å². The highest BCUT2D eigenvalue weighted by Gasteiger charge is 2.19. The predicted octanol–water partition coefficient (Wildman–Crippen LogP) is 3.45. The molecule has 0 atom stereocenters. The third kappa shape index (κ3) is 9.36. The first-order valence-electron chi connectivity index (χ1n) is 16.9. The van der Waals surface area contributed by atoms with Crippen molar-refractivity contribution in [2.75, 3.05) is 74.0 Å². The van der Waals surface area contributed by atoms with E-state index >= 15 is 0 Å². The van der Waals surface area contributed by atoms with E-state index in [9.17, 15) is 9.59 Å². The van der Waals surface area contributed by atoms with Gasteiger partial charge in [-0.05, 0) is 60.5 Å². The number of hydrogen-bond acceptors (Lipinski definition) is 12. The van der Waals surface area contributed by atoms with E-state index in [1.807, 2.05) is 47.4 Å². The van der Waals surface area contributed by atoms with Crippen molar-refractivity contribution in [2.45, 2.75) is 32.9 Å². The first-order valence-corrected chi connectivity index (χ1v) is 16.9. The molecule has 1 aromatic heterocycles. The molecule has 0 radical (unpaired) electrons. The maximum atomic E-state index is 13.1. The molecule has 0 spiro atoms. The molecule has 14 nitrogen and oxygen atoms in total. The maximum Gasteiger partial charge on any atom is 0.255 e. The molecular weight excluding hydrogens is 638 g/mol. The van der Waals surface area contributed by atoms with Crippen LogP contribution in [0.3, 0.4) is 0 Å². The molecule has 6 rings (SSSR count). The van der Waals surface area contributed by atoms with Gasteiger partial charge in [-0.15, -0.1) is 0 Å². The smallest absolute Gasteiger partial charge is 0.255 e. The van der Waals surface area contributed by atoms with Gasteiger partial charge in [0.1, 0.15) is 5.82 Å². The summed E-state index contributed by atoms with van der Waals surface area (Å²) in [5.41, 5.74) is 9.58. The molecule has 2 aliphatic rings. The van der Waals surface area contributed by atoms with Crippen LogP contribution >= 0.6 is 0 Å². The number of hydrogen-bond donors (Lipinski definition) is 4. The van der Waals surface area contributed by atoms with E-state index in [4.69, 9.17) is 19.9 Å². The fourth-order valence-corrected chi connectivity index (χ4v) is 5.67. The first kappa shape index (κ1) is 34.4. The third-order valence-electron chi connectivity index (χ3n) is 8.29. The Morgan fingerprint density at radius 3 is 2.50 bits per heavy atom. The van der Waals surface area contributed by atoms with Gasteiger partial charge in [0.2, 0.25) is 24.6 Å². The average molecular weight is 682 g/mol. The zero-order valence-corrected chi connectivity index (χ0v) is 28.2. The average Bonchev–Trinajstić information content (AvgIpc) is 3.60. The molecule has 50 heavy (non-hydrogen) atoms. The number of fused-ring (bicyclic) bond motifs is 1. The monoisotopic (exact) mass is 681 g/mol. The van der Waals surface area contributed by atoms with Gasteiger partial charge in [0.25, 0.3) is 5.91 Å². The number of nitrogens with one attached hydrogen (secondary N) is 3. The first-order chi connectivity index (χ1) is 24.4. The van der Waals surface area contributed by atoms with Crippen molar-refractivity contribution in [2.24, 2.45) is 0 Å². The second-order valence-corrected chi connectivity index (χ2v) is 12.1. The van der Waals surface area contributed by atoms with Crippen molar-refractivity contribution >= 4 is 35.1 Å². The number of rotatable bonds is 15. The maximum absolute atomic E-state index is 13.1. The zero-order valence-electron chi connectivity index (χ0n) is 28.2. The molecule has 0 aliphatic carbocycles. The van der Waals surface area contributed by atoms with E-state index in [-0.39, 0.29) is 25.0 Å². The number of aromatic nitrogens is 3. The molecule has 2 amide bonds. The van der Waals surface area contributed by atoms with Gasteiger partial charge in [-0.3, -0.25) is 14.5 Å². The number of carbonyl (C=O) groups excluding carboxylic acids is 2. The lowest BCUT2D eigenvalue weighted by Gasteiger charge is -2.27. The zero-order chi connectivity index (χ0) is 34.7. The summed E-state index contributed by atoms with van der Waals surface area (Å²) in [5.74, 6) is 2.35. The van der Waals surface area contributed by atoms with Crippen molar-refractivity contribution in [1.82, 2.24) is 25.2 Å². The summed E-state index contributed by atoms with van der Waals surface area (Å²) in [6.45, 7) is 8.04. The lowest BCUT2D eigenvalue weighted by Crippen LogP contribution is -2.38. The van der Waals surface area contributed by atoms with Gasteiger partial charge >= 0.3 is 0 Å². The van der Waals surface area contributed by atoms with Crippen LogP contribution < -0.4 is 36.1 Å². The highest BCUT2D eigenvalue weighted by Crippen LogP contribution is 2.32. The largest absolute Gasteiger partial charge is 0.454 e. The van der Waals surface area contributed by atoms with Gasteiger partial charge < -0.3 is 40.8 Å². The van der Waals surface area contributed by atoms with Crippen LogP contribution in [-0.2, 0) is 29.0 Å². The number of benzene rings is 3. The van der Waals surface area contributed by atoms with Crippen molar-refractivity contribution < 1.29 is 23.8 Å². The Labute approximate surface area is 291 Å². The van der Waals surface area contributed by atoms with Gasteiger partial charge in [-0.1, -0.05) is 37.3 Å². The molecule has 262 valence electrons. The Hall–Kier alpha value is -5.47. The number of anilines is 4. The molecule has 0 unspecified atom stereocenters. The molecule has 14 heteroatoms. The fourth-order valence-electron chi connectivity index (χ4n) is 5.67. The Morgan fingerprint density at radius 1 is 0.920 bits per heavy atom. The molecule has 1 saturated heterocycles. The molecule has 5 N–H and O–H groups in total. The minimum absolute atomic E-state index is 0.0141. The lowest BCUT2D eigenvalue weighted by molar-refractivity contribution is -0.120. The van der Waals surface area contributed by atoms with E-state index in [0.29, 0.717) is 80.6 Å². The van der Waals surface area contributed by atoms with Crippen molar-refractivity contribution in [3.63, 3.8) is 0 Å². The van der Waals surface area contributed by atoms with Crippen LogP contribution in [-0.4, -0.2) is 84.4 Å². The molecule has 3 aromatic carbocycles. The Balaban J connectivity index is 1.05. The number of nitrogen functional groups attached to an aromatic ring is 1. The molecule has 4 aromatic rings. The van der Waals surface area contributed by atoms with Crippen LogP contribution in [0, 0.1) is 0 Å². The van der Waals surface area contributed by atoms with Crippen LogP contribution in [0.2, 0.25) is 0 Å². The number of ether oxygens (including phenoxy) is 3. The standard InChI is InChI=1S/C36H43N9O5/c1-2-14-44(23-26-9-12-30-31(20-26)50-24-49-30)15-13-38-33(46)21-32-41-35(43-36(42-32)45-16-18-48-19-17-45)39-22-25-7-10-27(11-8-25)34(47)40-29-6-4-3-5-28(29)37/h3-12,20H,2,13-19,21-24,37H2,1H3,(H,38,46)(H,40,47)(H,39,41,42,43). The predicted molar refractivity (Wildman–Crippen MR) is 190 cm³/mol. The second kappa shape index (κ2) is 16.8. The summed E-state index contributed by atoms with van der Waals surface area (Å²) in [6, 6.07) is 20.4. The molecular formula is C36H43N9O5. The normalized spacial score (nSPS) is 13.7. The van der Waals surface area contributed by atoms with Crippen LogP contribution in [0.5, 0.6) is 11.5 Å². The number of morpholine rings is 1. The van der Waals surface area contributed by atoms with Crippen LogP contribution in [0.1, 0.15) is 40.7 Å². The summed E-state index contributed by atoms with van der Waals surface area (Å²) < 4.78 is 16.5. The van der Waals surface area contributed by atoms with Crippen molar-refractivity contribution in [1.29, 1.82) is 0 Å². The van der Waals surface area contributed by atoms with E-state index in [2.05, 4.69) is 42.7 Å². The Bertz CT molecular complexity index is 1770. The number of carbonyl (C=O) groups is 2. The Kier molecular flexibility index (Phi) is 11.5. The van der Waals surface area contributed by atoms with Gasteiger partial charge in [0, 0.05) is 44.8 Å². The van der Waals surface area contributed by atoms with Gasteiger partial charge in [-0.2, -0.15) is 15.0 Å². The highest BCUT2D eigenvalue weighted by molar-refractivity contribution is 6.05. The van der Waals surface area contributed by atoms with Gasteiger partial charge in [0.05, 0.1) is 31.0 Å². The topological polar surface area (TPSA) is 169 Å². The fraction of sp³-hybridized carbons (Fsp3) is 0.361. The molecule has 2 aliphatic heterocycles.